The second-order valence-corrected chi connectivity index (χ2v) is 8.43. The van der Waals surface area contributed by atoms with Crippen LogP contribution in [0.5, 0.6) is 0 Å². The van der Waals surface area contributed by atoms with Gasteiger partial charge in [-0.25, -0.2) is 9.97 Å². The lowest BCUT2D eigenvalue weighted by atomic mass is 9.93. The number of fused-ring (bicyclic) bond motifs is 1. The molecule has 0 aliphatic carbocycles. The zero-order valence-electron chi connectivity index (χ0n) is 16.9. The Bertz CT molecular complexity index is 830. The van der Waals surface area contributed by atoms with E-state index in [0.717, 1.165) is 57.9 Å². The monoisotopic (exact) mass is 391 g/mol. The molecule has 29 heavy (non-hydrogen) atoms. The molecule has 0 unspecified atom stereocenters. The van der Waals surface area contributed by atoms with Crippen molar-refractivity contribution in [3.05, 3.63) is 54.4 Å². The summed E-state index contributed by atoms with van der Waals surface area (Å²) in [5.41, 5.74) is 1.36. The number of amides is 1. The van der Waals surface area contributed by atoms with E-state index in [1.165, 1.54) is 12.0 Å². The first kappa shape index (κ1) is 18.6. The quantitative estimate of drug-likeness (QED) is 0.805. The van der Waals surface area contributed by atoms with Crippen LogP contribution in [-0.4, -0.2) is 64.4 Å². The van der Waals surface area contributed by atoms with Gasteiger partial charge in [0.05, 0.1) is 5.92 Å². The maximum atomic E-state index is 13.6. The van der Waals surface area contributed by atoms with Gasteiger partial charge in [-0.05, 0) is 43.9 Å². The van der Waals surface area contributed by atoms with E-state index in [2.05, 4.69) is 55.0 Å². The highest BCUT2D eigenvalue weighted by molar-refractivity contribution is 5.80. The van der Waals surface area contributed by atoms with E-state index < -0.39 is 0 Å². The summed E-state index contributed by atoms with van der Waals surface area (Å²) >= 11 is 0. The number of carbonyl (C=O) groups excluding carboxylic acids is 1. The Morgan fingerprint density at radius 3 is 2.55 bits per heavy atom. The van der Waals surface area contributed by atoms with Crippen LogP contribution in [0.2, 0.25) is 0 Å². The van der Waals surface area contributed by atoms with Crippen LogP contribution >= 0.6 is 0 Å². The van der Waals surface area contributed by atoms with E-state index in [9.17, 15) is 4.79 Å². The standard InChI is InChI=1S/C23H29N5O/c29-22(26-12-6-13-27(16-15-26)23-24-10-5-11-25-23)19-17-21(18-7-2-1-3-8-18)28-14-4-9-20(19)28/h1-3,5,7-8,10-11,19-21H,4,6,9,12-17H2/t19-,20+,21-/m1/s1. The van der Waals surface area contributed by atoms with Crippen LogP contribution in [-0.2, 0) is 4.79 Å². The van der Waals surface area contributed by atoms with Crippen LogP contribution in [0.25, 0.3) is 0 Å². The number of hydrogen-bond acceptors (Lipinski definition) is 5. The van der Waals surface area contributed by atoms with Gasteiger partial charge in [0.25, 0.3) is 0 Å². The minimum Gasteiger partial charge on any atom is -0.341 e. The minimum absolute atomic E-state index is 0.127. The van der Waals surface area contributed by atoms with Gasteiger partial charge in [-0.15, -0.1) is 0 Å². The lowest BCUT2D eigenvalue weighted by Crippen LogP contribution is -2.42. The Balaban J connectivity index is 1.29. The summed E-state index contributed by atoms with van der Waals surface area (Å²) in [4.78, 5) is 29.2. The molecule has 0 N–H and O–H groups in total. The first-order valence-electron chi connectivity index (χ1n) is 10.9. The molecule has 0 saturated carbocycles. The second kappa shape index (κ2) is 8.11. The molecule has 3 aliphatic rings. The fourth-order valence-electron chi connectivity index (χ4n) is 5.46. The number of aromatic nitrogens is 2. The van der Waals surface area contributed by atoms with Crippen molar-refractivity contribution in [1.29, 1.82) is 0 Å². The Morgan fingerprint density at radius 1 is 0.897 bits per heavy atom. The van der Waals surface area contributed by atoms with Crippen molar-refractivity contribution in [3.8, 4) is 0 Å². The van der Waals surface area contributed by atoms with Crippen LogP contribution in [0.1, 0.15) is 37.3 Å². The Hall–Kier alpha value is -2.47. The van der Waals surface area contributed by atoms with E-state index in [1.54, 1.807) is 12.4 Å². The van der Waals surface area contributed by atoms with E-state index >= 15 is 0 Å². The van der Waals surface area contributed by atoms with E-state index in [4.69, 9.17) is 0 Å². The van der Waals surface area contributed by atoms with Gasteiger partial charge >= 0.3 is 0 Å². The van der Waals surface area contributed by atoms with Crippen molar-refractivity contribution in [2.75, 3.05) is 37.6 Å². The number of rotatable bonds is 3. The summed E-state index contributed by atoms with van der Waals surface area (Å²) in [5.74, 6) is 1.26. The Labute approximate surface area is 172 Å². The molecule has 0 radical (unpaired) electrons. The highest BCUT2D eigenvalue weighted by atomic mass is 16.2. The molecular weight excluding hydrogens is 362 g/mol. The van der Waals surface area contributed by atoms with Crippen molar-refractivity contribution in [3.63, 3.8) is 0 Å². The summed E-state index contributed by atoms with van der Waals surface area (Å²) in [6.45, 7) is 4.42. The van der Waals surface area contributed by atoms with Gasteiger partial charge in [-0.3, -0.25) is 9.69 Å². The zero-order chi connectivity index (χ0) is 19.6. The van der Waals surface area contributed by atoms with Crippen LogP contribution in [0.15, 0.2) is 48.8 Å². The van der Waals surface area contributed by atoms with Crippen molar-refractivity contribution >= 4 is 11.9 Å². The summed E-state index contributed by atoms with van der Waals surface area (Å²) < 4.78 is 0. The predicted octanol–water partition coefficient (Wildman–Crippen LogP) is 2.74. The SMILES string of the molecule is O=C([C@@H]1C[C@H](c2ccccc2)N2CCC[C@@H]12)N1CCCN(c2ncccn2)CC1. The van der Waals surface area contributed by atoms with Gasteiger partial charge in [0.15, 0.2) is 0 Å². The highest BCUT2D eigenvalue weighted by Gasteiger charge is 2.48. The molecule has 3 atom stereocenters. The maximum Gasteiger partial charge on any atom is 0.227 e. The first-order chi connectivity index (χ1) is 14.3. The Morgan fingerprint density at radius 2 is 1.72 bits per heavy atom. The average molecular weight is 392 g/mol. The number of hydrogen-bond donors (Lipinski definition) is 0. The van der Waals surface area contributed by atoms with E-state index in [1.807, 2.05) is 6.07 Å². The molecule has 3 aliphatic heterocycles. The topological polar surface area (TPSA) is 52.6 Å². The maximum absolute atomic E-state index is 13.6. The third kappa shape index (κ3) is 3.62. The lowest BCUT2D eigenvalue weighted by molar-refractivity contribution is -0.135. The molecule has 5 rings (SSSR count). The van der Waals surface area contributed by atoms with Crippen LogP contribution in [0, 0.1) is 5.92 Å². The smallest absolute Gasteiger partial charge is 0.227 e. The van der Waals surface area contributed by atoms with Gasteiger partial charge in [0.2, 0.25) is 11.9 Å². The molecule has 0 spiro atoms. The normalized spacial score (nSPS) is 27.7. The van der Waals surface area contributed by atoms with Crippen molar-refractivity contribution in [2.24, 2.45) is 5.92 Å². The van der Waals surface area contributed by atoms with Crippen LogP contribution in [0.3, 0.4) is 0 Å². The molecule has 152 valence electrons. The summed E-state index contributed by atoms with van der Waals surface area (Å²) in [5, 5.41) is 0. The third-order valence-corrected chi connectivity index (χ3v) is 6.83. The lowest BCUT2D eigenvalue weighted by Gasteiger charge is -2.27. The summed E-state index contributed by atoms with van der Waals surface area (Å²) in [6, 6.07) is 13.4. The van der Waals surface area contributed by atoms with Crippen molar-refractivity contribution in [2.45, 2.75) is 37.8 Å². The third-order valence-electron chi connectivity index (χ3n) is 6.83. The minimum atomic E-state index is 0.127. The Kier molecular flexibility index (Phi) is 5.19. The molecule has 1 aromatic heterocycles. The first-order valence-corrected chi connectivity index (χ1v) is 10.9. The highest BCUT2D eigenvalue weighted by Crippen LogP contribution is 2.45. The molecule has 6 heteroatoms. The molecule has 1 aromatic carbocycles. The number of nitrogens with zero attached hydrogens (tertiary/aromatic N) is 5. The molecule has 2 aromatic rings. The average Bonchev–Trinajstić information content (AvgIpc) is 3.29. The fourth-order valence-corrected chi connectivity index (χ4v) is 5.46. The summed E-state index contributed by atoms with van der Waals surface area (Å²) in [6.07, 6.45) is 7.84. The van der Waals surface area contributed by atoms with Crippen LogP contribution < -0.4 is 4.90 Å². The summed E-state index contributed by atoms with van der Waals surface area (Å²) in [7, 11) is 0. The molecular formula is C23H29N5O. The molecule has 0 bridgehead atoms. The second-order valence-electron chi connectivity index (χ2n) is 8.43. The van der Waals surface area contributed by atoms with Gasteiger partial charge in [-0.1, -0.05) is 30.3 Å². The predicted molar refractivity (Wildman–Crippen MR) is 112 cm³/mol. The number of carbonyl (C=O) groups is 1. The number of anilines is 1. The van der Waals surface area contributed by atoms with Gasteiger partial charge < -0.3 is 9.80 Å². The molecule has 1 amide bonds. The number of benzene rings is 1. The zero-order valence-corrected chi connectivity index (χ0v) is 16.9. The van der Waals surface area contributed by atoms with Crippen molar-refractivity contribution < 1.29 is 4.79 Å². The molecule has 3 saturated heterocycles. The van der Waals surface area contributed by atoms with Gasteiger partial charge in [0, 0.05) is 50.7 Å². The van der Waals surface area contributed by atoms with Gasteiger partial charge in [0.1, 0.15) is 0 Å². The van der Waals surface area contributed by atoms with E-state index in [0.29, 0.717) is 18.0 Å². The molecule has 6 nitrogen and oxygen atoms in total. The van der Waals surface area contributed by atoms with Crippen molar-refractivity contribution in [1.82, 2.24) is 19.8 Å². The fraction of sp³-hybridized carbons (Fsp3) is 0.522. The van der Waals surface area contributed by atoms with Crippen LogP contribution in [0.4, 0.5) is 5.95 Å². The molecule has 4 heterocycles. The largest absolute Gasteiger partial charge is 0.341 e. The van der Waals surface area contributed by atoms with E-state index in [-0.39, 0.29) is 5.92 Å². The van der Waals surface area contributed by atoms with Gasteiger partial charge in [-0.2, -0.15) is 0 Å². The molecule has 3 fully saturated rings.